The molecule has 0 aliphatic heterocycles. The molecule has 1 aromatic heterocycles. The number of carbonyl (C=O) groups is 1. The molecule has 0 aliphatic rings. The van der Waals surface area contributed by atoms with E-state index in [-0.39, 0.29) is 5.92 Å². The van der Waals surface area contributed by atoms with Crippen LogP contribution in [0.3, 0.4) is 0 Å². The van der Waals surface area contributed by atoms with Crippen LogP contribution in [0.25, 0.3) is 0 Å². The first kappa shape index (κ1) is 14.0. The Kier molecular flexibility index (Phi) is 5.00. The molecule has 0 aliphatic carbocycles. The molecule has 1 unspecified atom stereocenters. The average molecular weight is 259 g/mol. The lowest BCUT2D eigenvalue weighted by Gasteiger charge is -2.12. The van der Waals surface area contributed by atoms with Gasteiger partial charge < -0.3 is 5.11 Å². The lowest BCUT2D eigenvalue weighted by molar-refractivity contribution is -0.142. The largest absolute Gasteiger partial charge is 0.481 e. The van der Waals surface area contributed by atoms with Gasteiger partial charge >= 0.3 is 5.97 Å². The van der Waals surface area contributed by atoms with Crippen LogP contribution in [0.15, 0.2) is 0 Å². The van der Waals surface area contributed by atoms with Crippen molar-refractivity contribution in [1.82, 2.24) is 9.78 Å². The van der Waals surface area contributed by atoms with E-state index >= 15 is 0 Å². The standard InChI is InChI=1S/C12H19ClN2O2/c1-4-6-9(12(16)17)7-10-11(13)8(3)14-15(10)5-2/h9H,4-7H2,1-3H3,(H,16,17). The van der Waals surface area contributed by atoms with Crippen LogP contribution in [-0.4, -0.2) is 20.9 Å². The predicted molar refractivity (Wildman–Crippen MR) is 67.4 cm³/mol. The van der Waals surface area contributed by atoms with E-state index in [4.69, 9.17) is 16.7 Å². The summed E-state index contributed by atoms with van der Waals surface area (Å²) < 4.78 is 1.79. The van der Waals surface area contributed by atoms with E-state index in [0.717, 1.165) is 17.8 Å². The fraction of sp³-hybridized carbons (Fsp3) is 0.667. The molecule has 0 bridgehead atoms. The Morgan fingerprint density at radius 3 is 2.65 bits per heavy atom. The molecule has 1 N–H and O–H groups in total. The molecule has 1 aromatic rings. The second-order valence-electron chi connectivity index (χ2n) is 4.19. The Morgan fingerprint density at radius 1 is 1.53 bits per heavy atom. The van der Waals surface area contributed by atoms with Crippen molar-refractivity contribution in [2.75, 3.05) is 0 Å². The Morgan fingerprint density at radius 2 is 2.18 bits per heavy atom. The van der Waals surface area contributed by atoms with E-state index < -0.39 is 5.97 Å². The van der Waals surface area contributed by atoms with Crippen LogP contribution in [-0.2, 0) is 17.8 Å². The molecule has 0 radical (unpaired) electrons. The molecular weight excluding hydrogens is 240 g/mol. The SMILES string of the molecule is CCCC(Cc1c(Cl)c(C)nn1CC)C(=O)O. The van der Waals surface area contributed by atoms with Gasteiger partial charge in [-0.25, -0.2) is 0 Å². The maximum Gasteiger partial charge on any atom is 0.306 e. The molecule has 1 rings (SSSR count). The van der Waals surface area contributed by atoms with Crippen LogP contribution in [0.4, 0.5) is 0 Å². The van der Waals surface area contributed by atoms with E-state index in [2.05, 4.69) is 5.10 Å². The van der Waals surface area contributed by atoms with Gasteiger partial charge in [-0.15, -0.1) is 0 Å². The maximum atomic E-state index is 11.1. The van der Waals surface area contributed by atoms with E-state index in [1.807, 2.05) is 20.8 Å². The summed E-state index contributed by atoms with van der Waals surface area (Å²) in [6.45, 7) is 6.51. The molecule has 0 saturated carbocycles. The number of hydrogen-bond donors (Lipinski definition) is 1. The monoisotopic (exact) mass is 258 g/mol. The van der Waals surface area contributed by atoms with E-state index in [0.29, 0.717) is 24.4 Å². The smallest absolute Gasteiger partial charge is 0.306 e. The summed E-state index contributed by atoms with van der Waals surface area (Å²) in [6.07, 6.45) is 1.98. The lowest BCUT2D eigenvalue weighted by atomic mass is 9.98. The summed E-state index contributed by atoms with van der Waals surface area (Å²) >= 11 is 6.17. The predicted octanol–water partition coefficient (Wildman–Crippen LogP) is 2.91. The second-order valence-corrected chi connectivity index (χ2v) is 4.57. The fourth-order valence-electron chi connectivity index (χ4n) is 1.96. The molecule has 96 valence electrons. The average Bonchev–Trinajstić information content (AvgIpc) is 2.55. The summed E-state index contributed by atoms with van der Waals surface area (Å²) in [4.78, 5) is 11.1. The highest BCUT2D eigenvalue weighted by Gasteiger charge is 2.22. The van der Waals surface area contributed by atoms with Crippen molar-refractivity contribution in [2.45, 2.75) is 46.6 Å². The molecular formula is C12H19ClN2O2. The Bertz CT molecular complexity index is 401. The van der Waals surface area contributed by atoms with Gasteiger partial charge in [-0.1, -0.05) is 24.9 Å². The number of rotatable bonds is 6. The summed E-state index contributed by atoms with van der Waals surface area (Å²) in [5.74, 6) is -1.14. The first-order valence-electron chi connectivity index (χ1n) is 5.95. The minimum Gasteiger partial charge on any atom is -0.481 e. The van der Waals surface area contributed by atoms with Gasteiger partial charge in [0.15, 0.2) is 0 Å². The van der Waals surface area contributed by atoms with Crippen LogP contribution in [0.2, 0.25) is 5.02 Å². The highest BCUT2D eigenvalue weighted by molar-refractivity contribution is 6.31. The van der Waals surface area contributed by atoms with Crippen molar-refractivity contribution in [1.29, 1.82) is 0 Å². The van der Waals surface area contributed by atoms with Gasteiger partial charge in [-0.3, -0.25) is 9.48 Å². The van der Waals surface area contributed by atoms with Crippen LogP contribution < -0.4 is 0 Å². The lowest BCUT2D eigenvalue weighted by Crippen LogP contribution is -2.18. The molecule has 0 aromatic carbocycles. The summed E-state index contributed by atoms with van der Waals surface area (Å²) in [5, 5.41) is 14.1. The van der Waals surface area contributed by atoms with Crippen molar-refractivity contribution in [3.63, 3.8) is 0 Å². The zero-order chi connectivity index (χ0) is 13.0. The third-order valence-corrected chi connectivity index (χ3v) is 3.37. The van der Waals surface area contributed by atoms with Gasteiger partial charge in [0.25, 0.3) is 0 Å². The summed E-state index contributed by atoms with van der Waals surface area (Å²) in [7, 11) is 0. The topological polar surface area (TPSA) is 55.1 Å². The molecule has 0 fully saturated rings. The van der Waals surface area contributed by atoms with Crippen molar-refractivity contribution < 1.29 is 9.90 Å². The Labute approximate surface area is 107 Å². The highest BCUT2D eigenvalue weighted by Crippen LogP contribution is 2.24. The molecule has 1 atom stereocenters. The number of aliphatic carboxylic acids is 1. The molecule has 5 heteroatoms. The Hall–Kier alpha value is -1.03. The highest BCUT2D eigenvalue weighted by atomic mass is 35.5. The third kappa shape index (κ3) is 3.22. The number of halogens is 1. The second kappa shape index (κ2) is 6.05. The van der Waals surface area contributed by atoms with Crippen LogP contribution in [0.1, 0.15) is 38.1 Å². The van der Waals surface area contributed by atoms with Gasteiger partial charge in [0.2, 0.25) is 0 Å². The van der Waals surface area contributed by atoms with Gasteiger partial charge in [0.05, 0.1) is 22.3 Å². The van der Waals surface area contributed by atoms with Gasteiger partial charge in [0.1, 0.15) is 0 Å². The number of carboxylic acid groups (broad SMARTS) is 1. The van der Waals surface area contributed by atoms with E-state index in [1.54, 1.807) is 4.68 Å². The first-order valence-corrected chi connectivity index (χ1v) is 6.33. The molecule has 17 heavy (non-hydrogen) atoms. The van der Waals surface area contributed by atoms with Crippen LogP contribution in [0.5, 0.6) is 0 Å². The van der Waals surface area contributed by atoms with Crippen LogP contribution >= 0.6 is 11.6 Å². The Balaban J connectivity index is 2.95. The number of hydrogen-bond acceptors (Lipinski definition) is 2. The summed E-state index contributed by atoms with van der Waals surface area (Å²) in [5.41, 5.74) is 1.61. The fourth-order valence-corrected chi connectivity index (χ4v) is 2.17. The van der Waals surface area contributed by atoms with Crippen molar-refractivity contribution >= 4 is 17.6 Å². The van der Waals surface area contributed by atoms with Gasteiger partial charge in [-0.2, -0.15) is 5.10 Å². The van der Waals surface area contributed by atoms with Crippen molar-refractivity contribution in [2.24, 2.45) is 5.92 Å². The van der Waals surface area contributed by atoms with Crippen LogP contribution in [0, 0.1) is 12.8 Å². The minimum absolute atomic E-state index is 0.376. The quantitative estimate of drug-likeness (QED) is 0.854. The van der Waals surface area contributed by atoms with Gasteiger partial charge in [-0.05, 0) is 20.3 Å². The molecule has 0 saturated heterocycles. The number of aryl methyl sites for hydroxylation is 2. The number of nitrogens with zero attached hydrogens (tertiary/aromatic N) is 2. The molecule has 0 amide bonds. The van der Waals surface area contributed by atoms with Crippen molar-refractivity contribution in [3.05, 3.63) is 16.4 Å². The minimum atomic E-state index is -0.760. The number of aromatic nitrogens is 2. The van der Waals surface area contributed by atoms with Crippen molar-refractivity contribution in [3.8, 4) is 0 Å². The van der Waals surface area contributed by atoms with E-state index in [1.165, 1.54) is 0 Å². The molecule has 1 heterocycles. The first-order chi connectivity index (χ1) is 8.01. The summed E-state index contributed by atoms with van der Waals surface area (Å²) in [6, 6.07) is 0. The number of carboxylic acids is 1. The zero-order valence-corrected chi connectivity index (χ0v) is 11.3. The third-order valence-electron chi connectivity index (χ3n) is 2.88. The van der Waals surface area contributed by atoms with E-state index in [9.17, 15) is 4.79 Å². The molecule has 4 nitrogen and oxygen atoms in total. The normalized spacial score (nSPS) is 12.7. The van der Waals surface area contributed by atoms with Gasteiger partial charge in [0, 0.05) is 13.0 Å². The molecule has 0 spiro atoms. The maximum absolute atomic E-state index is 11.1. The zero-order valence-electron chi connectivity index (χ0n) is 10.5.